The first-order valence-electron chi connectivity index (χ1n) is 5.12. The van der Waals surface area contributed by atoms with E-state index in [4.69, 9.17) is 27.4 Å². The van der Waals surface area contributed by atoms with Crippen molar-refractivity contribution in [2.45, 2.75) is 0 Å². The molecule has 0 spiro atoms. The van der Waals surface area contributed by atoms with E-state index in [0.717, 1.165) is 10.8 Å². The highest BCUT2D eigenvalue weighted by molar-refractivity contribution is 6.09. The molecule has 0 aliphatic carbocycles. The Morgan fingerprint density at radius 2 is 0.941 bits per heavy atom. The second kappa shape index (κ2) is 2.98. The molecule has 0 atom stereocenters. The van der Waals surface area contributed by atoms with Gasteiger partial charge in [0, 0.05) is 22.9 Å². The van der Waals surface area contributed by atoms with Gasteiger partial charge >= 0.3 is 0 Å². The molecule has 0 aliphatic heterocycles. The van der Waals surface area contributed by atoms with E-state index in [1.807, 2.05) is 0 Å². The molecule has 0 unspecified atom stereocenters. The first-order chi connectivity index (χ1) is 8.06. The molecule has 0 saturated heterocycles. The first kappa shape index (κ1) is 9.65. The van der Waals surface area contributed by atoms with E-state index in [-0.39, 0.29) is 0 Å². The van der Waals surface area contributed by atoms with Gasteiger partial charge in [0.25, 0.3) is 0 Å². The van der Waals surface area contributed by atoms with Crippen LogP contribution in [0.4, 0.5) is 22.7 Å². The summed E-state index contributed by atoms with van der Waals surface area (Å²) in [6.45, 7) is 0. The molecule has 3 aromatic rings. The number of hydrogen-bond donors (Lipinski definition) is 4. The smallest absolute Gasteiger partial charge is 0.137 e. The van der Waals surface area contributed by atoms with E-state index in [2.05, 4.69) is 0 Å². The number of hydrogen-bond acceptors (Lipinski definition) is 5. The summed E-state index contributed by atoms with van der Waals surface area (Å²) < 4.78 is 5.65. The third-order valence-electron chi connectivity index (χ3n) is 2.88. The second-order valence-electron chi connectivity index (χ2n) is 4.06. The summed E-state index contributed by atoms with van der Waals surface area (Å²) in [6, 6.07) is 6.98. The van der Waals surface area contributed by atoms with E-state index in [1.165, 1.54) is 0 Å². The number of fused-ring (bicyclic) bond motifs is 3. The van der Waals surface area contributed by atoms with Crippen molar-refractivity contribution in [3.05, 3.63) is 24.3 Å². The van der Waals surface area contributed by atoms with Crippen molar-refractivity contribution in [1.82, 2.24) is 0 Å². The summed E-state index contributed by atoms with van der Waals surface area (Å²) in [4.78, 5) is 0. The Morgan fingerprint density at radius 1 is 0.588 bits per heavy atom. The number of nitrogens with two attached hydrogens (primary N) is 4. The maximum absolute atomic E-state index is 5.78. The van der Waals surface area contributed by atoms with Gasteiger partial charge in [-0.15, -0.1) is 0 Å². The molecule has 0 saturated carbocycles. The van der Waals surface area contributed by atoms with E-state index < -0.39 is 0 Å². The number of anilines is 4. The quantitative estimate of drug-likeness (QED) is 0.438. The number of nitrogen functional groups attached to an aromatic ring is 4. The largest absolute Gasteiger partial charge is 0.456 e. The Balaban J connectivity index is 2.51. The fourth-order valence-corrected chi connectivity index (χ4v) is 1.93. The SMILES string of the molecule is Nc1cc2oc3cc(N)c(N)cc3c2cc1N. The van der Waals surface area contributed by atoms with Gasteiger partial charge in [-0.05, 0) is 12.1 Å². The monoisotopic (exact) mass is 228 g/mol. The number of benzene rings is 2. The van der Waals surface area contributed by atoms with Gasteiger partial charge in [0.05, 0.1) is 22.7 Å². The molecule has 86 valence electrons. The Kier molecular flexibility index (Phi) is 1.69. The summed E-state index contributed by atoms with van der Waals surface area (Å²) in [6.07, 6.45) is 0. The minimum atomic E-state index is 0.498. The van der Waals surface area contributed by atoms with E-state index in [0.29, 0.717) is 33.9 Å². The van der Waals surface area contributed by atoms with Gasteiger partial charge in [0.2, 0.25) is 0 Å². The average Bonchev–Trinajstić information content (AvgIpc) is 2.58. The van der Waals surface area contributed by atoms with E-state index in [9.17, 15) is 0 Å². The van der Waals surface area contributed by atoms with Crippen LogP contribution in [0.3, 0.4) is 0 Å². The highest BCUT2D eigenvalue weighted by Crippen LogP contribution is 2.35. The number of rotatable bonds is 0. The maximum Gasteiger partial charge on any atom is 0.137 e. The fraction of sp³-hybridized carbons (Fsp3) is 0. The molecule has 1 heterocycles. The van der Waals surface area contributed by atoms with Crippen LogP contribution in [-0.2, 0) is 0 Å². The lowest BCUT2D eigenvalue weighted by atomic mass is 10.1. The summed E-state index contributed by atoms with van der Waals surface area (Å²) in [5.74, 6) is 0. The Morgan fingerprint density at radius 3 is 1.35 bits per heavy atom. The van der Waals surface area contributed by atoms with E-state index >= 15 is 0 Å². The lowest BCUT2D eigenvalue weighted by Gasteiger charge is -1.99. The van der Waals surface area contributed by atoms with Crippen molar-refractivity contribution >= 4 is 44.7 Å². The van der Waals surface area contributed by atoms with Crippen LogP contribution < -0.4 is 22.9 Å². The average molecular weight is 228 g/mol. The number of furan rings is 1. The summed E-state index contributed by atoms with van der Waals surface area (Å²) >= 11 is 0. The van der Waals surface area contributed by atoms with E-state index in [1.54, 1.807) is 24.3 Å². The van der Waals surface area contributed by atoms with Crippen molar-refractivity contribution in [2.24, 2.45) is 0 Å². The molecule has 2 aromatic carbocycles. The summed E-state index contributed by atoms with van der Waals surface area (Å²) in [5, 5.41) is 1.77. The van der Waals surface area contributed by atoms with Crippen LogP contribution in [0.2, 0.25) is 0 Å². The zero-order valence-corrected chi connectivity index (χ0v) is 9.03. The van der Waals surface area contributed by atoms with Gasteiger partial charge < -0.3 is 27.4 Å². The molecule has 0 radical (unpaired) electrons. The molecule has 0 amide bonds. The molecule has 0 aliphatic rings. The zero-order chi connectivity index (χ0) is 12.2. The molecule has 1 aromatic heterocycles. The molecule has 3 rings (SSSR count). The van der Waals surface area contributed by atoms with Crippen LogP contribution in [0.1, 0.15) is 0 Å². The van der Waals surface area contributed by atoms with Crippen LogP contribution in [0.25, 0.3) is 21.9 Å². The van der Waals surface area contributed by atoms with Gasteiger partial charge in [-0.3, -0.25) is 0 Å². The normalized spacial score (nSPS) is 11.3. The molecule has 0 fully saturated rings. The summed E-state index contributed by atoms with van der Waals surface area (Å²) in [7, 11) is 0. The molecule has 0 bridgehead atoms. The Bertz CT molecular complexity index is 683. The van der Waals surface area contributed by atoms with Gasteiger partial charge in [-0.1, -0.05) is 0 Å². The first-order valence-corrected chi connectivity index (χ1v) is 5.12. The zero-order valence-electron chi connectivity index (χ0n) is 9.03. The molecular weight excluding hydrogens is 216 g/mol. The molecular formula is C12H12N4O. The van der Waals surface area contributed by atoms with Crippen LogP contribution in [0.15, 0.2) is 28.7 Å². The molecule has 17 heavy (non-hydrogen) atoms. The molecule has 8 N–H and O–H groups in total. The third-order valence-corrected chi connectivity index (χ3v) is 2.88. The topological polar surface area (TPSA) is 117 Å². The van der Waals surface area contributed by atoms with Gasteiger partial charge in [-0.2, -0.15) is 0 Å². The van der Waals surface area contributed by atoms with Gasteiger partial charge in [-0.25, -0.2) is 0 Å². The predicted molar refractivity (Wildman–Crippen MR) is 71.4 cm³/mol. The predicted octanol–water partition coefficient (Wildman–Crippen LogP) is 1.91. The van der Waals surface area contributed by atoms with Crippen molar-refractivity contribution in [1.29, 1.82) is 0 Å². The van der Waals surface area contributed by atoms with Gasteiger partial charge in [0.15, 0.2) is 0 Å². The van der Waals surface area contributed by atoms with Gasteiger partial charge in [0.1, 0.15) is 11.2 Å². The highest BCUT2D eigenvalue weighted by Gasteiger charge is 2.10. The van der Waals surface area contributed by atoms with Crippen LogP contribution >= 0.6 is 0 Å². The summed E-state index contributed by atoms with van der Waals surface area (Å²) in [5.41, 5.74) is 26.4. The lowest BCUT2D eigenvalue weighted by Crippen LogP contribution is -1.94. The molecule has 5 heteroatoms. The van der Waals surface area contributed by atoms with Crippen molar-refractivity contribution < 1.29 is 4.42 Å². The van der Waals surface area contributed by atoms with Crippen molar-refractivity contribution in [2.75, 3.05) is 22.9 Å². The Hall–Kier alpha value is -2.56. The highest BCUT2D eigenvalue weighted by atomic mass is 16.3. The minimum absolute atomic E-state index is 0.498. The van der Waals surface area contributed by atoms with Crippen molar-refractivity contribution in [3.8, 4) is 0 Å². The fourth-order valence-electron chi connectivity index (χ4n) is 1.93. The lowest BCUT2D eigenvalue weighted by molar-refractivity contribution is 0.669. The van der Waals surface area contributed by atoms with Crippen molar-refractivity contribution in [3.63, 3.8) is 0 Å². The van der Waals surface area contributed by atoms with Crippen LogP contribution in [-0.4, -0.2) is 0 Å². The van der Waals surface area contributed by atoms with Crippen LogP contribution in [0.5, 0.6) is 0 Å². The third kappa shape index (κ3) is 1.25. The maximum atomic E-state index is 5.78. The Labute approximate surface area is 96.9 Å². The molecule has 5 nitrogen and oxygen atoms in total. The standard InChI is InChI=1S/C12H12N4O/c13-7-1-5-6-2-8(14)10(16)4-12(6)17-11(5)3-9(7)15/h1-4H,13-16H2. The second-order valence-corrected chi connectivity index (χ2v) is 4.06. The van der Waals surface area contributed by atoms with Crippen LogP contribution in [0, 0.1) is 0 Å². The minimum Gasteiger partial charge on any atom is -0.456 e.